The molecule has 1 aromatic carbocycles. The van der Waals surface area contributed by atoms with Gasteiger partial charge in [-0.1, -0.05) is 24.6 Å². The van der Waals surface area contributed by atoms with Gasteiger partial charge in [-0.05, 0) is 25.8 Å². The highest BCUT2D eigenvalue weighted by molar-refractivity contribution is 6.06. The van der Waals surface area contributed by atoms with Crippen molar-refractivity contribution < 1.29 is 14.3 Å². The summed E-state index contributed by atoms with van der Waals surface area (Å²) in [6.45, 7) is 6.56. The number of ether oxygens (including phenoxy) is 2. The number of morpholine rings is 1. The maximum absolute atomic E-state index is 12.3. The molecule has 0 atom stereocenters. The lowest BCUT2D eigenvalue weighted by Gasteiger charge is -2.26. The highest BCUT2D eigenvalue weighted by Crippen LogP contribution is 2.29. The number of anilines is 1. The lowest BCUT2D eigenvalue weighted by molar-refractivity contribution is -0.135. The molecule has 8 heteroatoms. The van der Waals surface area contributed by atoms with Gasteiger partial charge in [-0.3, -0.25) is 4.79 Å². The Morgan fingerprint density at radius 3 is 2.77 bits per heavy atom. The maximum Gasteiger partial charge on any atom is 0.222 e. The summed E-state index contributed by atoms with van der Waals surface area (Å²) in [5.74, 6) is 1.55. The fraction of sp³-hybridized carbons (Fsp3) is 0.522. The Morgan fingerprint density at radius 2 is 1.97 bits per heavy atom. The molecular weight excluding hydrogens is 394 g/mol. The van der Waals surface area contributed by atoms with E-state index in [1.807, 2.05) is 30.0 Å². The SMILES string of the molecule is CCOCc1nc2c(N)nc3ccccc3c2n1CCCCCC(=O)N1CCOCC1. The minimum absolute atomic E-state index is 0.234. The fourth-order valence-corrected chi connectivity index (χ4v) is 4.14. The highest BCUT2D eigenvalue weighted by Gasteiger charge is 2.18. The van der Waals surface area contributed by atoms with Gasteiger partial charge in [0.2, 0.25) is 5.91 Å². The van der Waals surface area contributed by atoms with E-state index >= 15 is 0 Å². The van der Waals surface area contributed by atoms with Crippen molar-refractivity contribution in [3.63, 3.8) is 0 Å². The van der Waals surface area contributed by atoms with Gasteiger partial charge in [0.25, 0.3) is 0 Å². The van der Waals surface area contributed by atoms with E-state index in [4.69, 9.17) is 20.2 Å². The van der Waals surface area contributed by atoms with Gasteiger partial charge in [-0.15, -0.1) is 0 Å². The number of amides is 1. The summed E-state index contributed by atoms with van der Waals surface area (Å²) in [5.41, 5.74) is 8.85. The van der Waals surface area contributed by atoms with E-state index in [2.05, 4.69) is 15.6 Å². The summed E-state index contributed by atoms with van der Waals surface area (Å²) in [5, 5.41) is 1.05. The first-order chi connectivity index (χ1) is 15.2. The third kappa shape index (κ3) is 4.80. The normalized spacial score (nSPS) is 14.5. The predicted molar refractivity (Wildman–Crippen MR) is 121 cm³/mol. The lowest BCUT2D eigenvalue weighted by atomic mass is 10.1. The average Bonchev–Trinajstić information content (AvgIpc) is 3.17. The standard InChI is InChI=1S/C23H31N5O3/c1-2-30-16-19-26-21-22(17-8-5-6-9-18(17)25-23(21)24)28(19)11-7-3-4-10-20(29)27-12-14-31-15-13-27/h5-6,8-9H,2-4,7,10-16H2,1H3,(H2,24,25). The molecule has 1 fully saturated rings. The Balaban J connectivity index is 1.47. The highest BCUT2D eigenvalue weighted by atomic mass is 16.5. The van der Waals surface area contributed by atoms with Crippen LogP contribution in [0, 0.1) is 0 Å². The van der Waals surface area contributed by atoms with Crippen molar-refractivity contribution in [2.75, 3.05) is 38.6 Å². The summed E-state index contributed by atoms with van der Waals surface area (Å²) in [6.07, 6.45) is 3.41. The first-order valence-corrected chi connectivity index (χ1v) is 11.2. The summed E-state index contributed by atoms with van der Waals surface area (Å²) in [4.78, 5) is 23.5. The van der Waals surface area contributed by atoms with Crippen molar-refractivity contribution in [3.8, 4) is 0 Å². The number of imidazole rings is 1. The Morgan fingerprint density at radius 1 is 1.16 bits per heavy atom. The monoisotopic (exact) mass is 425 g/mol. The van der Waals surface area contributed by atoms with E-state index in [1.54, 1.807) is 0 Å². The number of pyridine rings is 1. The van der Waals surface area contributed by atoms with Crippen LogP contribution in [-0.2, 0) is 27.4 Å². The summed E-state index contributed by atoms with van der Waals surface area (Å²) < 4.78 is 13.2. The molecule has 1 aliphatic rings. The van der Waals surface area contributed by atoms with Crippen LogP contribution in [0.3, 0.4) is 0 Å². The van der Waals surface area contributed by atoms with E-state index in [1.165, 1.54) is 0 Å². The molecular formula is C23H31N5O3. The van der Waals surface area contributed by atoms with Crippen LogP contribution in [0.25, 0.3) is 21.9 Å². The third-order valence-corrected chi connectivity index (χ3v) is 5.76. The Labute approximate surface area is 182 Å². The molecule has 4 rings (SSSR count). The van der Waals surface area contributed by atoms with E-state index in [0.29, 0.717) is 51.8 Å². The Bertz CT molecular complexity index is 1040. The van der Waals surface area contributed by atoms with Gasteiger partial charge in [-0.2, -0.15) is 0 Å². The number of carbonyl (C=O) groups is 1. The number of aryl methyl sites for hydroxylation is 1. The summed E-state index contributed by atoms with van der Waals surface area (Å²) >= 11 is 0. The molecule has 1 amide bonds. The van der Waals surface area contributed by atoms with Crippen molar-refractivity contribution in [1.82, 2.24) is 19.4 Å². The number of carbonyl (C=O) groups excluding carboxylic acids is 1. The van der Waals surface area contributed by atoms with Crippen LogP contribution in [0.5, 0.6) is 0 Å². The second-order valence-electron chi connectivity index (χ2n) is 7.83. The van der Waals surface area contributed by atoms with Gasteiger partial charge in [0.05, 0.1) is 24.2 Å². The van der Waals surface area contributed by atoms with Crippen molar-refractivity contribution >= 4 is 33.7 Å². The number of nitrogen functional groups attached to an aromatic ring is 1. The molecule has 2 N–H and O–H groups in total. The molecule has 0 aliphatic carbocycles. The van der Waals surface area contributed by atoms with E-state index in [0.717, 1.165) is 53.6 Å². The predicted octanol–water partition coefficient (Wildman–Crippen LogP) is 3.12. The number of hydrogen-bond donors (Lipinski definition) is 1. The van der Waals surface area contributed by atoms with Crippen LogP contribution in [0.1, 0.15) is 38.4 Å². The lowest BCUT2D eigenvalue weighted by Crippen LogP contribution is -2.40. The molecule has 0 radical (unpaired) electrons. The van der Waals surface area contributed by atoms with Gasteiger partial charge in [0.15, 0.2) is 5.82 Å². The molecule has 0 unspecified atom stereocenters. The Hall–Kier alpha value is -2.71. The topological polar surface area (TPSA) is 95.5 Å². The number of fused-ring (bicyclic) bond motifs is 3. The van der Waals surface area contributed by atoms with Crippen LogP contribution < -0.4 is 5.73 Å². The molecule has 3 heterocycles. The largest absolute Gasteiger partial charge is 0.382 e. The number of unbranched alkanes of at least 4 members (excludes halogenated alkanes) is 2. The fourth-order valence-electron chi connectivity index (χ4n) is 4.14. The Kier molecular flexibility index (Phi) is 6.99. The van der Waals surface area contributed by atoms with Crippen LogP contribution in [0.2, 0.25) is 0 Å². The minimum atomic E-state index is 0.234. The van der Waals surface area contributed by atoms with Gasteiger partial charge in [-0.25, -0.2) is 9.97 Å². The molecule has 0 saturated carbocycles. The molecule has 3 aromatic rings. The molecule has 0 spiro atoms. The van der Waals surface area contributed by atoms with Crippen molar-refractivity contribution in [2.45, 2.75) is 45.8 Å². The van der Waals surface area contributed by atoms with Crippen molar-refractivity contribution in [2.24, 2.45) is 0 Å². The molecule has 2 aromatic heterocycles. The smallest absolute Gasteiger partial charge is 0.222 e. The molecule has 166 valence electrons. The van der Waals surface area contributed by atoms with Gasteiger partial charge in [0.1, 0.15) is 17.9 Å². The average molecular weight is 426 g/mol. The van der Waals surface area contributed by atoms with Gasteiger partial charge < -0.3 is 24.7 Å². The zero-order valence-corrected chi connectivity index (χ0v) is 18.2. The number of rotatable bonds is 9. The van der Waals surface area contributed by atoms with Crippen molar-refractivity contribution in [1.29, 1.82) is 0 Å². The number of aromatic nitrogens is 3. The van der Waals surface area contributed by atoms with Crippen LogP contribution in [-0.4, -0.2) is 58.3 Å². The third-order valence-electron chi connectivity index (χ3n) is 5.76. The summed E-state index contributed by atoms with van der Waals surface area (Å²) in [6, 6.07) is 8.01. The molecule has 1 aliphatic heterocycles. The first-order valence-electron chi connectivity index (χ1n) is 11.2. The molecule has 8 nitrogen and oxygen atoms in total. The molecule has 31 heavy (non-hydrogen) atoms. The maximum atomic E-state index is 12.3. The zero-order chi connectivity index (χ0) is 21.6. The van der Waals surface area contributed by atoms with Crippen LogP contribution in [0.15, 0.2) is 24.3 Å². The van der Waals surface area contributed by atoms with E-state index in [9.17, 15) is 4.79 Å². The van der Waals surface area contributed by atoms with Gasteiger partial charge >= 0.3 is 0 Å². The second kappa shape index (κ2) is 10.1. The van der Waals surface area contributed by atoms with Crippen LogP contribution in [0.4, 0.5) is 5.82 Å². The minimum Gasteiger partial charge on any atom is -0.382 e. The zero-order valence-electron chi connectivity index (χ0n) is 18.2. The van der Waals surface area contributed by atoms with E-state index < -0.39 is 0 Å². The number of nitrogens with two attached hydrogens (primary N) is 1. The number of hydrogen-bond acceptors (Lipinski definition) is 6. The number of nitrogens with zero attached hydrogens (tertiary/aromatic N) is 4. The van der Waals surface area contributed by atoms with Crippen molar-refractivity contribution in [3.05, 3.63) is 30.1 Å². The number of benzene rings is 1. The summed E-state index contributed by atoms with van der Waals surface area (Å²) in [7, 11) is 0. The number of para-hydroxylation sites is 1. The molecule has 0 bridgehead atoms. The molecule has 1 saturated heterocycles. The van der Waals surface area contributed by atoms with Gasteiger partial charge in [0, 0.05) is 38.0 Å². The van der Waals surface area contributed by atoms with E-state index in [-0.39, 0.29) is 5.91 Å². The quantitative estimate of drug-likeness (QED) is 0.529. The first kappa shape index (κ1) is 21.5. The second-order valence-corrected chi connectivity index (χ2v) is 7.83. The van der Waals surface area contributed by atoms with Crippen LogP contribution >= 0.6 is 0 Å².